The molecule has 16 heavy (non-hydrogen) atoms. The maximum absolute atomic E-state index is 11.1. The Labute approximate surface area is 95.7 Å². The van der Waals surface area contributed by atoms with Crippen LogP contribution in [0.15, 0.2) is 24.3 Å². The lowest BCUT2D eigenvalue weighted by Crippen LogP contribution is -2.12. The van der Waals surface area contributed by atoms with Crippen molar-refractivity contribution in [2.75, 3.05) is 6.61 Å². The molecule has 3 heteroatoms. The smallest absolute Gasteiger partial charge is 0.310 e. The topological polar surface area (TPSA) is 57.5 Å². The first kappa shape index (κ1) is 12.7. The van der Waals surface area contributed by atoms with Crippen LogP contribution < -0.4 is 0 Å². The molecule has 1 atom stereocenters. The van der Waals surface area contributed by atoms with Gasteiger partial charge in [-0.1, -0.05) is 29.8 Å². The summed E-state index contributed by atoms with van der Waals surface area (Å²) in [5, 5.41) is 17.8. The summed E-state index contributed by atoms with van der Waals surface area (Å²) < 4.78 is 0. The maximum atomic E-state index is 11.1. The average molecular weight is 222 g/mol. The number of aryl methyl sites for hydroxylation is 1. The molecule has 0 aromatic heterocycles. The highest BCUT2D eigenvalue weighted by molar-refractivity contribution is 5.76. The second-order valence-corrected chi connectivity index (χ2v) is 4.02. The van der Waals surface area contributed by atoms with Gasteiger partial charge in [-0.05, 0) is 31.7 Å². The van der Waals surface area contributed by atoms with Crippen molar-refractivity contribution in [3.05, 3.63) is 35.4 Å². The highest BCUT2D eigenvalue weighted by Crippen LogP contribution is 2.23. The molecule has 0 spiro atoms. The van der Waals surface area contributed by atoms with Crippen molar-refractivity contribution in [1.82, 2.24) is 0 Å². The number of hydrogen-bond donors (Lipinski definition) is 2. The maximum Gasteiger partial charge on any atom is 0.310 e. The van der Waals surface area contributed by atoms with E-state index in [1.165, 1.54) is 0 Å². The number of hydrogen-bond acceptors (Lipinski definition) is 2. The fourth-order valence-electron chi connectivity index (χ4n) is 1.78. The predicted molar refractivity (Wildman–Crippen MR) is 62.5 cm³/mol. The first-order chi connectivity index (χ1) is 7.65. The van der Waals surface area contributed by atoms with Gasteiger partial charge in [-0.15, -0.1) is 0 Å². The van der Waals surface area contributed by atoms with E-state index >= 15 is 0 Å². The molecule has 0 heterocycles. The quantitative estimate of drug-likeness (QED) is 0.726. The number of rotatable bonds is 6. The van der Waals surface area contributed by atoms with Gasteiger partial charge in [0, 0.05) is 6.61 Å². The molecule has 2 N–H and O–H groups in total. The number of unbranched alkanes of at least 4 members (excludes halogenated alkanes) is 1. The number of aliphatic hydroxyl groups excluding tert-OH is 1. The third-order valence-electron chi connectivity index (χ3n) is 2.64. The minimum absolute atomic E-state index is 0.125. The minimum atomic E-state index is -0.788. The van der Waals surface area contributed by atoms with E-state index in [1.54, 1.807) is 0 Å². The van der Waals surface area contributed by atoms with E-state index in [-0.39, 0.29) is 6.61 Å². The van der Waals surface area contributed by atoms with Gasteiger partial charge >= 0.3 is 5.97 Å². The van der Waals surface area contributed by atoms with Crippen molar-refractivity contribution in [2.45, 2.75) is 32.1 Å². The van der Waals surface area contributed by atoms with Crippen molar-refractivity contribution >= 4 is 5.97 Å². The molecule has 0 amide bonds. The number of aliphatic carboxylic acids is 1. The molecule has 1 aromatic rings. The molecule has 0 aliphatic carbocycles. The second-order valence-electron chi connectivity index (χ2n) is 4.02. The Hall–Kier alpha value is -1.35. The Balaban J connectivity index is 2.73. The standard InChI is InChI=1S/C13H18O3/c1-10-5-4-6-11(9-10)12(13(15)16)7-2-3-8-14/h4-6,9,12,14H,2-3,7-8H2,1H3,(H,15,16). The van der Waals surface area contributed by atoms with Crippen LogP contribution in [0, 0.1) is 6.92 Å². The van der Waals surface area contributed by atoms with E-state index in [0.717, 1.165) is 17.5 Å². The van der Waals surface area contributed by atoms with Gasteiger partial charge in [0.05, 0.1) is 5.92 Å². The molecular weight excluding hydrogens is 204 g/mol. The molecule has 1 unspecified atom stereocenters. The summed E-state index contributed by atoms with van der Waals surface area (Å²) in [6.07, 6.45) is 1.98. The molecule has 1 aromatic carbocycles. The monoisotopic (exact) mass is 222 g/mol. The Bertz CT molecular complexity index is 347. The summed E-state index contributed by atoms with van der Waals surface area (Å²) >= 11 is 0. The van der Waals surface area contributed by atoms with E-state index in [9.17, 15) is 4.79 Å². The zero-order valence-electron chi connectivity index (χ0n) is 9.52. The Morgan fingerprint density at radius 3 is 2.69 bits per heavy atom. The zero-order valence-corrected chi connectivity index (χ0v) is 9.52. The van der Waals surface area contributed by atoms with E-state index in [2.05, 4.69) is 0 Å². The molecular formula is C13H18O3. The summed E-state index contributed by atoms with van der Waals surface area (Å²) in [4.78, 5) is 11.1. The molecule has 3 nitrogen and oxygen atoms in total. The van der Waals surface area contributed by atoms with E-state index in [0.29, 0.717) is 12.8 Å². The summed E-state index contributed by atoms with van der Waals surface area (Å²) in [6.45, 7) is 2.08. The van der Waals surface area contributed by atoms with Gasteiger partial charge < -0.3 is 10.2 Å². The van der Waals surface area contributed by atoms with Crippen LogP contribution in [0.4, 0.5) is 0 Å². The van der Waals surface area contributed by atoms with E-state index in [1.807, 2.05) is 31.2 Å². The number of aliphatic hydroxyl groups is 1. The van der Waals surface area contributed by atoms with Gasteiger partial charge in [0.15, 0.2) is 0 Å². The normalized spacial score (nSPS) is 12.4. The van der Waals surface area contributed by atoms with Gasteiger partial charge in [0.1, 0.15) is 0 Å². The van der Waals surface area contributed by atoms with Crippen molar-refractivity contribution in [3.63, 3.8) is 0 Å². The van der Waals surface area contributed by atoms with Gasteiger partial charge in [-0.3, -0.25) is 4.79 Å². The fraction of sp³-hybridized carbons (Fsp3) is 0.462. The highest BCUT2D eigenvalue weighted by Gasteiger charge is 2.18. The Morgan fingerprint density at radius 2 is 2.12 bits per heavy atom. The van der Waals surface area contributed by atoms with E-state index < -0.39 is 11.9 Å². The van der Waals surface area contributed by atoms with Gasteiger partial charge in [-0.2, -0.15) is 0 Å². The SMILES string of the molecule is Cc1cccc(C(CCCCO)C(=O)O)c1. The lowest BCUT2D eigenvalue weighted by atomic mass is 9.93. The van der Waals surface area contributed by atoms with Crippen molar-refractivity contribution < 1.29 is 15.0 Å². The van der Waals surface area contributed by atoms with Gasteiger partial charge in [0.25, 0.3) is 0 Å². The third-order valence-corrected chi connectivity index (χ3v) is 2.64. The number of carboxylic acid groups (broad SMARTS) is 1. The molecule has 0 saturated heterocycles. The van der Waals surface area contributed by atoms with E-state index in [4.69, 9.17) is 10.2 Å². The van der Waals surface area contributed by atoms with Gasteiger partial charge in [0.2, 0.25) is 0 Å². The molecule has 0 radical (unpaired) electrons. The summed E-state index contributed by atoms with van der Waals surface area (Å²) in [5.74, 6) is -1.24. The fourth-order valence-corrected chi connectivity index (χ4v) is 1.78. The average Bonchev–Trinajstić information content (AvgIpc) is 2.24. The lowest BCUT2D eigenvalue weighted by Gasteiger charge is -2.12. The van der Waals surface area contributed by atoms with Crippen LogP contribution in [0.3, 0.4) is 0 Å². The largest absolute Gasteiger partial charge is 0.481 e. The Morgan fingerprint density at radius 1 is 1.38 bits per heavy atom. The van der Waals surface area contributed by atoms with Crippen molar-refractivity contribution in [3.8, 4) is 0 Å². The molecule has 1 rings (SSSR count). The second kappa shape index (κ2) is 6.28. The van der Waals surface area contributed by atoms with Crippen molar-refractivity contribution in [1.29, 1.82) is 0 Å². The summed E-state index contributed by atoms with van der Waals surface area (Å²) in [7, 11) is 0. The molecule has 0 saturated carbocycles. The van der Waals surface area contributed by atoms with Crippen LogP contribution in [0.1, 0.15) is 36.3 Å². The van der Waals surface area contributed by atoms with Crippen molar-refractivity contribution in [2.24, 2.45) is 0 Å². The van der Waals surface area contributed by atoms with Crippen LogP contribution in [0.25, 0.3) is 0 Å². The minimum Gasteiger partial charge on any atom is -0.481 e. The molecule has 0 bridgehead atoms. The highest BCUT2D eigenvalue weighted by atomic mass is 16.4. The molecule has 0 aliphatic rings. The molecule has 0 fully saturated rings. The molecule has 88 valence electrons. The summed E-state index contributed by atoms with van der Waals surface area (Å²) in [5.41, 5.74) is 1.93. The number of benzene rings is 1. The van der Waals surface area contributed by atoms with Crippen LogP contribution in [0.2, 0.25) is 0 Å². The van der Waals surface area contributed by atoms with Crippen LogP contribution in [-0.4, -0.2) is 22.8 Å². The number of carboxylic acids is 1. The van der Waals surface area contributed by atoms with Crippen LogP contribution in [0.5, 0.6) is 0 Å². The number of carbonyl (C=O) groups is 1. The third kappa shape index (κ3) is 3.66. The summed E-state index contributed by atoms with van der Waals surface area (Å²) in [6, 6.07) is 7.60. The first-order valence-electron chi connectivity index (χ1n) is 5.55. The van der Waals surface area contributed by atoms with Crippen LogP contribution >= 0.6 is 0 Å². The lowest BCUT2D eigenvalue weighted by molar-refractivity contribution is -0.139. The predicted octanol–water partition coefficient (Wildman–Crippen LogP) is 2.33. The van der Waals surface area contributed by atoms with Crippen LogP contribution in [-0.2, 0) is 4.79 Å². The Kier molecular flexibility index (Phi) is 4.99. The zero-order chi connectivity index (χ0) is 12.0. The molecule has 0 aliphatic heterocycles. The first-order valence-corrected chi connectivity index (χ1v) is 5.55. The van der Waals surface area contributed by atoms with Gasteiger partial charge in [-0.25, -0.2) is 0 Å².